The molecule has 2 aliphatic carbocycles. The average Bonchev–Trinajstić information content (AvgIpc) is 2.36. The molecule has 2 saturated carbocycles. The van der Waals surface area contributed by atoms with E-state index in [0.29, 0.717) is 19.1 Å². The minimum Gasteiger partial charge on any atom is -0.395 e. The largest absolute Gasteiger partial charge is 0.395 e. The normalized spacial score (nSPS) is 23.4. The maximum absolute atomic E-state index is 12.7. The van der Waals surface area contributed by atoms with Crippen molar-refractivity contribution in [2.45, 2.75) is 57.4 Å². The smallest absolute Gasteiger partial charge is 0.230 e. The zero-order valence-electron chi connectivity index (χ0n) is 11.2. The monoisotopic (exact) mass is 254 g/mol. The van der Waals surface area contributed by atoms with Crippen LogP contribution in [-0.2, 0) is 4.79 Å². The van der Waals surface area contributed by atoms with Gasteiger partial charge in [0, 0.05) is 19.1 Å². The van der Waals surface area contributed by atoms with Crippen molar-refractivity contribution < 1.29 is 9.90 Å². The van der Waals surface area contributed by atoms with Gasteiger partial charge in [0.1, 0.15) is 0 Å². The molecule has 4 nitrogen and oxygen atoms in total. The molecular formula is C14H26N2O2. The van der Waals surface area contributed by atoms with Crippen LogP contribution in [-0.4, -0.2) is 41.7 Å². The van der Waals surface area contributed by atoms with Gasteiger partial charge in [-0.25, -0.2) is 0 Å². The minimum absolute atomic E-state index is 0.0584. The van der Waals surface area contributed by atoms with E-state index in [9.17, 15) is 9.90 Å². The van der Waals surface area contributed by atoms with Gasteiger partial charge >= 0.3 is 0 Å². The molecule has 0 saturated heterocycles. The van der Waals surface area contributed by atoms with E-state index in [-0.39, 0.29) is 17.9 Å². The molecular weight excluding hydrogens is 228 g/mol. The second kappa shape index (κ2) is 6.02. The Labute approximate surface area is 110 Å². The highest BCUT2D eigenvalue weighted by atomic mass is 16.3. The second-order valence-corrected chi connectivity index (χ2v) is 5.85. The summed E-state index contributed by atoms with van der Waals surface area (Å²) in [7, 11) is 0. The van der Waals surface area contributed by atoms with E-state index in [4.69, 9.17) is 5.73 Å². The number of rotatable bonds is 5. The molecule has 0 bridgehead atoms. The molecule has 4 heteroatoms. The lowest BCUT2D eigenvalue weighted by Gasteiger charge is -2.45. The molecule has 2 fully saturated rings. The number of hydrogen-bond donors (Lipinski definition) is 2. The number of carbonyl (C=O) groups excluding carboxylic acids is 1. The third kappa shape index (κ3) is 2.54. The van der Waals surface area contributed by atoms with Crippen LogP contribution in [0.1, 0.15) is 51.4 Å². The number of aliphatic hydroxyl groups is 1. The van der Waals surface area contributed by atoms with Gasteiger partial charge in [-0.05, 0) is 25.7 Å². The van der Waals surface area contributed by atoms with E-state index in [1.165, 1.54) is 19.3 Å². The van der Waals surface area contributed by atoms with Crippen LogP contribution < -0.4 is 5.73 Å². The molecule has 0 heterocycles. The van der Waals surface area contributed by atoms with Crippen molar-refractivity contribution in [1.82, 2.24) is 4.90 Å². The van der Waals surface area contributed by atoms with Crippen LogP contribution in [0.4, 0.5) is 0 Å². The highest BCUT2D eigenvalue weighted by molar-refractivity contribution is 5.84. The summed E-state index contributed by atoms with van der Waals surface area (Å²) in [6.07, 6.45) is 8.83. The summed E-state index contributed by atoms with van der Waals surface area (Å²) in [6, 6.07) is 0.336. The van der Waals surface area contributed by atoms with Crippen molar-refractivity contribution in [2.75, 3.05) is 19.7 Å². The predicted octanol–water partition coefficient (Wildman–Crippen LogP) is 1.27. The van der Waals surface area contributed by atoms with E-state index < -0.39 is 0 Å². The van der Waals surface area contributed by atoms with Crippen LogP contribution >= 0.6 is 0 Å². The van der Waals surface area contributed by atoms with Crippen LogP contribution in [0.15, 0.2) is 0 Å². The standard InChI is InChI=1S/C14H26N2O2/c15-11-14(7-4-8-14)13(18)16(9-10-17)12-5-2-1-3-6-12/h12,17H,1-11,15H2. The zero-order chi connectivity index (χ0) is 13.0. The highest BCUT2D eigenvalue weighted by Crippen LogP contribution is 2.42. The van der Waals surface area contributed by atoms with Crippen molar-refractivity contribution in [3.05, 3.63) is 0 Å². The topological polar surface area (TPSA) is 66.6 Å². The van der Waals surface area contributed by atoms with E-state index >= 15 is 0 Å². The maximum atomic E-state index is 12.7. The third-order valence-corrected chi connectivity index (χ3v) is 4.77. The van der Waals surface area contributed by atoms with Crippen molar-refractivity contribution >= 4 is 5.91 Å². The Morgan fingerprint density at radius 3 is 2.33 bits per heavy atom. The summed E-state index contributed by atoms with van der Waals surface area (Å²) in [4.78, 5) is 14.6. The predicted molar refractivity (Wildman–Crippen MR) is 71.0 cm³/mol. The summed E-state index contributed by atoms with van der Waals surface area (Å²) in [5.41, 5.74) is 5.52. The molecule has 1 amide bonds. The molecule has 0 aromatic rings. The summed E-state index contributed by atoms with van der Waals surface area (Å²) >= 11 is 0. The first-order valence-electron chi connectivity index (χ1n) is 7.35. The van der Waals surface area contributed by atoms with E-state index in [0.717, 1.165) is 32.1 Å². The van der Waals surface area contributed by atoms with Gasteiger partial charge in [-0.2, -0.15) is 0 Å². The second-order valence-electron chi connectivity index (χ2n) is 5.85. The van der Waals surface area contributed by atoms with Crippen molar-refractivity contribution in [3.8, 4) is 0 Å². The lowest BCUT2D eigenvalue weighted by atomic mass is 9.67. The summed E-state index contributed by atoms with van der Waals surface area (Å²) < 4.78 is 0. The Balaban J connectivity index is 2.05. The molecule has 0 atom stereocenters. The molecule has 2 rings (SSSR count). The number of nitrogens with zero attached hydrogens (tertiary/aromatic N) is 1. The minimum atomic E-state index is -0.299. The molecule has 0 aliphatic heterocycles. The summed E-state index contributed by atoms with van der Waals surface area (Å²) in [5, 5.41) is 9.22. The first-order valence-corrected chi connectivity index (χ1v) is 7.35. The van der Waals surface area contributed by atoms with Crippen molar-refractivity contribution in [2.24, 2.45) is 11.1 Å². The fourth-order valence-electron chi connectivity index (χ4n) is 3.36. The van der Waals surface area contributed by atoms with Gasteiger partial charge in [0.15, 0.2) is 0 Å². The van der Waals surface area contributed by atoms with Gasteiger partial charge in [-0.1, -0.05) is 25.7 Å². The van der Waals surface area contributed by atoms with Crippen molar-refractivity contribution in [1.29, 1.82) is 0 Å². The molecule has 0 aromatic carbocycles. The fraction of sp³-hybridized carbons (Fsp3) is 0.929. The molecule has 3 N–H and O–H groups in total. The van der Waals surface area contributed by atoms with Crippen molar-refractivity contribution in [3.63, 3.8) is 0 Å². The molecule has 0 radical (unpaired) electrons. The number of carbonyl (C=O) groups is 1. The lowest BCUT2D eigenvalue weighted by molar-refractivity contribution is -0.150. The van der Waals surface area contributed by atoms with Gasteiger partial charge in [-0.15, -0.1) is 0 Å². The van der Waals surface area contributed by atoms with Gasteiger partial charge < -0.3 is 15.7 Å². The molecule has 18 heavy (non-hydrogen) atoms. The fourth-order valence-corrected chi connectivity index (χ4v) is 3.36. The maximum Gasteiger partial charge on any atom is 0.230 e. The number of nitrogens with two attached hydrogens (primary N) is 1. The van der Waals surface area contributed by atoms with E-state index in [1.807, 2.05) is 4.90 Å². The zero-order valence-corrected chi connectivity index (χ0v) is 11.2. The van der Waals surface area contributed by atoms with Gasteiger partial charge in [0.05, 0.1) is 12.0 Å². The number of aliphatic hydroxyl groups excluding tert-OH is 1. The highest BCUT2D eigenvalue weighted by Gasteiger charge is 2.46. The van der Waals surface area contributed by atoms with Crippen LogP contribution in [0, 0.1) is 5.41 Å². The molecule has 104 valence electrons. The van der Waals surface area contributed by atoms with Gasteiger partial charge in [0.25, 0.3) is 0 Å². The Morgan fingerprint density at radius 1 is 1.22 bits per heavy atom. The molecule has 0 unspecified atom stereocenters. The van der Waals surface area contributed by atoms with Crippen LogP contribution in [0.5, 0.6) is 0 Å². The first kappa shape index (κ1) is 13.8. The van der Waals surface area contributed by atoms with Gasteiger partial charge in [0.2, 0.25) is 5.91 Å². The lowest BCUT2D eigenvalue weighted by Crippen LogP contribution is -2.55. The summed E-state index contributed by atoms with van der Waals surface area (Å²) in [6.45, 7) is 0.995. The molecule has 0 spiro atoms. The third-order valence-electron chi connectivity index (χ3n) is 4.77. The Kier molecular flexibility index (Phi) is 4.62. The number of amides is 1. The van der Waals surface area contributed by atoms with E-state index in [2.05, 4.69) is 0 Å². The SMILES string of the molecule is NCC1(C(=O)N(CCO)C2CCCCC2)CCC1. The van der Waals surface area contributed by atoms with Crippen LogP contribution in [0.25, 0.3) is 0 Å². The molecule has 0 aromatic heterocycles. The quantitative estimate of drug-likeness (QED) is 0.776. The first-order chi connectivity index (χ1) is 8.73. The Bertz CT molecular complexity index is 278. The molecule has 2 aliphatic rings. The Morgan fingerprint density at radius 2 is 1.89 bits per heavy atom. The van der Waals surface area contributed by atoms with Crippen LogP contribution in [0.2, 0.25) is 0 Å². The summed E-state index contributed by atoms with van der Waals surface area (Å²) in [5.74, 6) is 0.206. The van der Waals surface area contributed by atoms with Gasteiger partial charge in [-0.3, -0.25) is 4.79 Å². The van der Waals surface area contributed by atoms with E-state index in [1.54, 1.807) is 0 Å². The van der Waals surface area contributed by atoms with Crippen LogP contribution in [0.3, 0.4) is 0 Å². The Hall–Kier alpha value is -0.610. The number of hydrogen-bond acceptors (Lipinski definition) is 3. The average molecular weight is 254 g/mol.